The standard InChI is InChI=1S/C11H13BrF4N2O2S/c12-7-5-8(13)10(6-9(7)17)21(19,20)18-4-2-1-3-11(14,15)16/h5-6,18H,1-4,17H2. The molecule has 0 heterocycles. The van der Waals surface area contributed by atoms with Crippen LogP contribution in [0.3, 0.4) is 0 Å². The zero-order chi connectivity index (χ0) is 16.3. The van der Waals surface area contributed by atoms with Gasteiger partial charge in [-0.05, 0) is 40.9 Å². The van der Waals surface area contributed by atoms with Gasteiger partial charge in [0.25, 0.3) is 0 Å². The maximum atomic E-state index is 13.6. The summed E-state index contributed by atoms with van der Waals surface area (Å²) in [5, 5.41) is 0. The Bertz CT molecular complexity index is 605. The van der Waals surface area contributed by atoms with Crippen LogP contribution in [-0.4, -0.2) is 21.1 Å². The third-order valence-corrected chi connectivity index (χ3v) is 4.68. The molecule has 0 atom stereocenters. The van der Waals surface area contributed by atoms with E-state index in [-0.39, 0.29) is 29.5 Å². The van der Waals surface area contributed by atoms with E-state index in [1.807, 2.05) is 4.72 Å². The SMILES string of the molecule is Nc1cc(S(=O)(=O)NCCCCC(F)(F)F)c(F)cc1Br. The third kappa shape index (κ3) is 5.79. The fourth-order valence-electron chi connectivity index (χ4n) is 1.49. The lowest BCUT2D eigenvalue weighted by molar-refractivity contribution is -0.135. The van der Waals surface area contributed by atoms with Crippen molar-refractivity contribution in [2.24, 2.45) is 0 Å². The predicted molar refractivity (Wildman–Crippen MR) is 73.6 cm³/mol. The van der Waals surface area contributed by atoms with E-state index in [1.54, 1.807) is 0 Å². The van der Waals surface area contributed by atoms with E-state index in [2.05, 4.69) is 15.9 Å². The highest BCUT2D eigenvalue weighted by molar-refractivity contribution is 9.10. The van der Waals surface area contributed by atoms with Crippen LogP contribution in [0.2, 0.25) is 0 Å². The zero-order valence-electron chi connectivity index (χ0n) is 10.7. The number of benzene rings is 1. The molecule has 0 aliphatic heterocycles. The number of alkyl halides is 3. The van der Waals surface area contributed by atoms with Gasteiger partial charge in [-0.1, -0.05) is 0 Å². The topological polar surface area (TPSA) is 72.2 Å². The summed E-state index contributed by atoms with van der Waals surface area (Å²) in [5.41, 5.74) is 5.52. The molecule has 3 N–H and O–H groups in total. The molecule has 0 radical (unpaired) electrons. The first kappa shape index (κ1) is 18.2. The molecule has 120 valence electrons. The molecular weight excluding hydrogens is 380 g/mol. The predicted octanol–water partition coefficient (Wildman–Crippen LogP) is 3.18. The molecular formula is C11H13BrF4N2O2S. The number of sulfonamides is 1. The van der Waals surface area contributed by atoms with Crippen molar-refractivity contribution < 1.29 is 26.0 Å². The zero-order valence-corrected chi connectivity index (χ0v) is 13.1. The second-order valence-corrected chi connectivity index (χ2v) is 6.86. The molecule has 0 fully saturated rings. The number of nitrogens with one attached hydrogen (secondary N) is 1. The molecule has 1 aromatic rings. The van der Waals surface area contributed by atoms with Crippen LogP contribution in [0.5, 0.6) is 0 Å². The summed E-state index contributed by atoms with van der Waals surface area (Å²) in [7, 11) is -4.15. The Labute approximate surface area is 127 Å². The quantitative estimate of drug-likeness (QED) is 0.443. The number of halogens is 5. The molecule has 0 aromatic heterocycles. The highest BCUT2D eigenvalue weighted by atomic mass is 79.9. The number of hydrogen-bond acceptors (Lipinski definition) is 3. The van der Waals surface area contributed by atoms with Crippen LogP contribution in [-0.2, 0) is 10.0 Å². The van der Waals surface area contributed by atoms with Crippen LogP contribution >= 0.6 is 15.9 Å². The number of nitrogen functional groups attached to an aromatic ring is 1. The molecule has 10 heteroatoms. The maximum absolute atomic E-state index is 13.6. The van der Waals surface area contributed by atoms with Crippen molar-refractivity contribution in [1.29, 1.82) is 0 Å². The largest absolute Gasteiger partial charge is 0.398 e. The average Bonchev–Trinajstić information content (AvgIpc) is 2.31. The minimum absolute atomic E-state index is 0.00757. The second kappa shape index (κ2) is 6.93. The van der Waals surface area contributed by atoms with E-state index < -0.39 is 33.3 Å². The van der Waals surface area contributed by atoms with E-state index in [1.165, 1.54) is 0 Å². The summed E-state index contributed by atoms with van der Waals surface area (Å²) in [6.45, 7) is -0.214. The minimum Gasteiger partial charge on any atom is -0.398 e. The van der Waals surface area contributed by atoms with Gasteiger partial charge in [0.15, 0.2) is 0 Å². The number of anilines is 1. The van der Waals surface area contributed by atoms with Crippen LogP contribution in [0.15, 0.2) is 21.5 Å². The van der Waals surface area contributed by atoms with Crippen molar-refractivity contribution in [3.63, 3.8) is 0 Å². The first-order valence-corrected chi connectivity index (χ1v) is 8.11. The minimum atomic E-state index is -4.27. The molecule has 0 saturated carbocycles. The van der Waals surface area contributed by atoms with Crippen molar-refractivity contribution in [2.45, 2.75) is 30.3 Å². The molecule has 0 aliphatic carbocycles. The number of unbranched alkanes of at least 4 members (excludes halogenated alkanes) is 1. The first-order valence-electron chi connectivity index (χ1n) is 5.84. The summed E-state index contributed by atoms with van der Waals surface area (Å²) in [5.74, 6) is -1.00. The van der Waals surface area contributed by atoms with Crippen molar-refractivity contribution >= 4 is 31.6 Å². The maximum Gasteiger partial charge on any atom is 0.389 e. The Hall–Kier alpha value is -0.870. The monoisotopic (exact) mass is 392 g/mol. The smallest absolute Gasteiger partial charge is 0.389 e. The number of nitrogens with two attached hydrogens (primary N) is 1. The molecule has 0 bridgehead atoms. The van der Waals surface area contributed by atoms with Crippen LogP contribution in [0.4, 0.5) is 23.2 Å². The molecule has 21 heavy (non-hydrogen) atoms. The van der Waals surface area contributed by atoms with Crippen LogP contribution in [0.25, 0.3) is 0 Å². The lowest BCUT2D eigenvalue weighted by Gasteiger charge is -2.10. The Kier molecular flexibility index (Phi) is 6.00. The van der Waals surface area contributed by atoms with Gasteiger partial charge in [-0.25, -0.2) is 17.5 Å². The van der Waals surface area contributed by atoms with Gasteiger partial charge in [-0.2, -0.15) is 13.2 Å². The van der Waals surface area contributed by atoms with E-state index in [4.69, 9.17) is 5.73 Å². The summed E-state index contributed by atoms with van der Waals surface area (Å²) in [4.78, 5) is -0.640. The van der Waals surface area contributed by atoms with E-state index in [0.29, 0.717) is 0 Å². The molecule has 0 amide bonds. The van der Waals surface area contributed by atoms with Gasteiger partial charge in [0.2, 0.25) is 10.0 Å². The molecule has 4 nitrogen and oxygen atoms in total. The van der Waals surface area contributed by atoms with E-state index in [9.17, 15) is 26.0 Å². The highest BCUT2D eigenvalue weighted by Crippen LogP contribution is 2.26. The Morgan fingerprint density at radius 3 is 2.43 bits per heavy atom. The van der Waals surface area contributed by atoms with Gasteiger partial charge in [-0.15, -0.1) is 0 Å². The van der Waals surface area contributed by atoms with Gasteiger partial charge in [0.05, 0.1) is 0 Å². The third-order valence-electron chi connectivity index (χ3n) is 2.52. The normalized spacial score (nSPS) is 12.6. The van der Waals surface area contributed by atoms with Crippen LogP contribution in [0, 0.1) is 5.82 Å². The fraction of sp³-hybridized carbons (Fsp3) is 0.455. The average molecular weight is 393 g/mol. The van der Waals surface area contributed by atoms with E-state index in [0.717, 1.165) is 12.1 Å². The number of rotatable bonds is 6. The number of hydrogen-bond donors (Lipinski definition) is 2. The van der Waals surface area contributed by atoms with Crippen molar-refractivity contribution in [2.75, 3.05) is 12.3 Å². The van der Waals surface area contributed by atoms with Crippen molar-refractivity contribution in [1.82, 2.24) is 4.72 Å². The van der Waals surface area contributed by atoms with Gasteiger partial charge in [0.1, 0.15) is 10.7 Å². The van der Waals surface area contributed by atoms with Crippen LogP contribution in [0.1, 0.15) is 19.3 Å². The van der Waals surface area contributed by atoms with Gasteiger partial charge in [-0.3, -0.25) is 0 Å². The van der Waals surface area contributed by atoms with E-state index >= 15 is 0 Å². The fourth-order valence-corrected chi connectivity index (χ4v) is 2.97. The van der Waals surface area contributed by atoms with Crippen molar-refractivity contribution in [3.8, 4) is 0 Å². The molecule has 0 unspecified atom stereocenters. The molecule has 1 rings (SSSR count). The van der Waals surface area contributed by atoms with Crippen LogP contribution < -0.4 is 10.5 Å². The summed E-state index contributed by atoms with van der Waals surface area (Å²) < 4.78 is 75.3. The Morgan fingerprint density at radius 1 is 1.24 bits per heavy atom. The lowest BCUT2D eigenvalue weighted by atomic mass is 10.2. The summed E-state index contributed by atoms with van der Waals surface area (Å²) in [6, 6.07) is 1.85. The molecule has 0 spiro atoms. The first-order chi connectivity index (χ1) is 9.53. The van der Waals surface area contributed by atoms with Gasteiger partial charge >= 0.3 is 6.18 Å². The molecule has 1 aromatic carbocycles. The Balaban J connectivity index is 2.64. The molecule has 0 saturated heterocycles. The lowest BCUT2D eigenvalue weighted by Crippen LogP contribution is -2.26. The Morgan fingerprint density at radius 2 is 1.86 bits per heavy atom. The summed E-state index contributed by atoms with van der Waals surface area (Å²) in [6.07, 6.45) is -5.48. The highest BCUT2D eigenvalue weighted by Gasteiger charge is 2.26. The van der Waals surface area contributed by atoms with Crippen molar-refractivity contribution in [3.05, 3.63) is 22.4 Å². The van der Waals surface area contributed by atoms with Gasteiger partial charge in [0, 0.05) is 23.1 Å². The van der Waals surface area contributed by atoms with Gasteiger partial charge < -0.3 is 5.73 Å². The summed E-state index contributed by atoms with van der Waals surface area (Å²) >= 11 is 2.95. The second-order valence-electron chi connectivity index (χ2n) is 4.27. The molecule has 0 aliphatic rings.